The molecule has 0 fully saturated rings. The number of rotatable bonds is 1. The SMILES string of the molecule is Cn1nccc(-c2ccccc2O)c1=O. The molecule has 2 rings (SSSR count). The summed E-state index contributed by atoms with van der Waals surface area (Å²) < 4.78 is 1.24. The average molecular weight is 202 g/mol. The van der Waals surface area contributed by atoms with Gasteiger partial charge in [-0.05, 0) is 12.1 Å². The molecule has 4 nitrogen and oxygen atoms in total. The summed E-state index contributed by atoms with van der Waals surface area (Å²) in [5.41, 5.74) is 0.755. The van der Waals surface area contributed by atoms with Crippen LogP contribution in [0.15, 0.2) is 41.3 Å². The van der Waals surface area contributed by atoms with Gasteiger partial charge in [-0.15, -0.1) is 0 Å². The molecule has 0 spiro atoms. The zero-order chi connectivity index (χ0) is 10.8. The number of aryl methyl sites for hydroxylation is 1. The first-order chi connectivity index (χ1) is 7.20. The van der Waals surface area contributed by atoms with Crippen LogP contribution < -0.4 is 5.56 Å². The summed E-state index contributed by atoms with van der Waals surface area (Å²) in [5, 5.41) is 13.4. The third-order valence-corrected chi connectivity index (χ3v) is 2.20. The Morgan fingerprint density at radius 1 is 1.20 bits per heavy atom. The van der Waals surface area contributed by atoms with E-state index < -0.39 is 0 Å². The second-order valence-electron chi connectivity index (χ2n) is 3.19. The lowest BCUT2D eigenvalue weighted by atomic mass is 10.1. The van der Waals surface area contributed by atoms with Gasteiger partial charge in [-0.2, -0.15) is 5.10 Å². The van der Waals surface area contributed by atoms with Gasteiger partial charge < -0.3 is 5.11 Å². The minimum atomic E-state index is -0.223. The zero-order valence-corrected chi connectivity index (χ0v) is 8.21. The second kappa shape index (κ2) is 3.57. The number of nitrogens with zero attached hydrogens (tertiary/aromatic N) is 2. The summed E-state index contributed by atoms with van der Waals surface area (Å²) in [6, 6.07) is 8.33. The van der Waals surface area contributed by atoms with E-state index in [4.69, 9.17) is 0 Å². The topological polar surface area (TPSA) is 55.1 Å². The average Bonchev–Trinajstić information content (AvgIpc) is 2.23. The van der Waals surface area contributed by atoms with Crippen LogP contribution >= 0.6 is 0 Å². The van der Waals surface area contributed by atoms with Crippen LogP contribution in [0.2, 0.25) is 0 Å². The van der Waals surface area contributed by atoms with E-state index in [9.17, 15) is 9.90 Å². The van der Waals surface area contributed by atoms with Crippen LogP contribution in [0.4, 0.5) is 0 Å². The molecular formula is C11H10N2O2. The Balaban J connectivity index is 2.70. The first-order valence-electron chi connectivity index (χ1n) is 4.51. The third-order valence-electron chi connectivity index (χ3n) is 2.20. The maximum absolute atomic E-state index is 11.7. The molecule has 0 bridgehead atoms. The van der Waals surface area contributed by atoms with Crippen molar-refractivity contribution in [3.63, 3.8) is 0 Å². The molecule has 1 aromatic heterocycles. The number of phenols is 1. The Kier molecular flexibility index (Phi) is 2.25. The molecule has 0 atom stereocenters. The molecule has 0 saturated heterocycles. The minimum Gasteiger partial charge on any atom is -0.507 e. The minimum absolute atomic E-state index is 0.0980. The van der Waals surface area contributed by atoms with Gasteiger partial charge in [0.05, 0.1) is 5.56 Å². The van der Waals surface area contributed by atoms with Crippen molar-refractivity contribution in [2.45, 2.75) is 0 Å². The van der Waals surface area contributed by atoms with Crippen molar-refractivity contribution in [1.29, 1.82) is 0 Å². The molecule has 1 heterocycles. The lowest BCUT2D eigenvalue weighted by Crippen LogP contribution is -2.20. The smallest absolute Gasteiger partial charge is 0.274 e. The van der Waals surface area contributed by atoms with Gasteiger partial charge in [0.2, 0.25) is 0 Å². The van der Waals surface area contributed by atoms with Crippen LogP contribution in [0, 0.1) is 0 Å². The van der Waals surface area contributed by atoms with Crippen molar-refractivity contribution in [2.24, 2.45) is 7.05 Å². The highest BCUT2D eigenvalue weighted by Gasteiger charge is 2.07. The Morgan fingerprint density at radius 3 is 2.67 bits per heavy atom. The van der Waals surface area contributed by atoms with E-state index in [1.165, 1.54) is 10.9 Å². The van der Waals surface area contributed by atoms with Gasteiger partial charge in [0.25, 0.3) is 5.56 Å². The summed E-state index contributed by atoms with van der Waals surface area (Å²) in [4.78, 5) is 11.7. The van der Waals surface area contributed by atoms with Gasteiger partial charge in [-0.1, -0.05) is 18.2 Å². The molecule has 15 heavy (non-hydrogen) atoms. The second-order valence-corrected chi connectivity index (χ2v) is 3.19. The van der Waals surface area contributed by atoms with E-state index in [1.807, 2.05) is 0 Å². The molecule has 0 aliphatic carbocycles. The molecule has 0 radical (unpaired) electrons. The molecular weight excluding hydrogens is 192 g/mol. The lowest BCUT2D eigenvalue weighted by molar-refractivity contribution is 0.477. The summed E-state index contributed by atoms with van der Waals surface area (Å²) in [6.07, 6.45) is 1.53. The Hall–Kier alpha value is -2.10. The number of hydrogen-bond donors (Lipinski definition) is 1. The largest absolute Gasteiger partial charge is 0.507 e. The van der Waals surface area contributed by atoms with Crippen LogP contribution in [0.1, 0.15) is 0 Å². The van der Waals surface area contributed by atoms with Crippen molar-refractivity contribution in [3.05, 3.63) is 46.9 Å². The first-order valence-corrected chi connectivity index (χ1v) is 4.51. The van der Waals surface area contributed by atoms with Crippen molar-refractivity contribution in [1.82, 2.24) is 9.78 Å². The van der Waals surface area contributed by atoms with Crippen molar-refractivity contribution in [3.8, 4) is 16.9 Å². The van der Waals surface area contributed by atoms with Crippen LogP contribution in [0.3, 0.4) is 0 Å². The highest BCUT2D eigenvalue weighted by atomic mass is 16.3. The van der Waals surface area contributed by atoms with E-state index in [2.05, 4.69) is 5.10 Å². The standard InChI is InChI=1S/C11H10N2O2/c1-13-11(15)9(6-7-12-13)8-4-2-3-5-10(8)14/h2-7,14H,1H3. The molecule has 0 aliphatic rings. The Bertz CT molecular complexity index is 546. The number of para-hydroxylation sites is 1. The molecule has 0 amide bonds. The zero-order valence-electron chi connectivity index (χ0n) is 8.21. The monoisotopic (exact) mass is 202 g/mol. The van der Waals surface area contributed by atoms with Gasteiger partial charge >= 0.3 is 0 Å². The molecule has 2 aromatic rings. The molecule has 1 N–H and O–H groups in total. The van der Waals surface area contributed by atoms with Crippen molar-refractivity contribution >= 4 is 0 Å². The highest BCUT2D eigenvalue weighted by Crippen LogP contribution is 2.25. The number of phenolic OH excluding ortho intramolecular Hbond substituents is 1. The van der Waals surface area contributed by atoms with Crippen LogP contribution in [0.5, 0.6) is 5.75 Å². The molecule has 0 saturated carbocycles. The third kappa shape index (κ3) is 1.61. The molecule has 0 aliphatic heterocycles. The van der Waals surface area contributed by atoms with Gasteiger partial charge in [0.1, 0.15) is 5.75 Å². The fourth-order valence-corrected chi connectivity index (χ4v) is 1.41. The quantitative estimate of drug-likeness (QED) is 0.754. The molecule has 4 heteroatoms. The van der Waals surface area contributed by atoms with E-state index in [0.717, 1.165) is 0 Å². The lowest BCUT2D eigenvalue weighted by Gasteiger charge is -2.04. The maximum Gasteiger partial charge on any atom is 0.274 e. The van der Waals surface area contributed by atoms with Crippen molar-refractivity contribution < 1.29 is 5.11 Å². The van der Waals surface area contributed by atoms with Crippen molar-refractivity contribution in [2.75, 3.05) is 0 Å². The number of benzene rings is 1. The summed E-state index contributed by atoms with van der Waals surface area (Å²) in [6.45, 7) is 0. The van der Waals surface area contributed by atoms with Crippen LogP contribution in [-0.2, 0) is 7.05 Å². The van der Waals surface area contributed by atoms with Gasteiger partial charge in [0, 0.05) is 18.8 Å². The predicted molar refractivity (Wildman–Crippen MR) is 56.6 cm³/mol. The summed E-state index contributed by atoms with van der Waals surface area (Å²) >= 11 is 0. The van der Waals surface area contributed by atoms with E-state index >= 15 is 0 Å². The van der Waals surface area contributed by atoms with E-state index in [1.54, 1.807) is 37.4 Å². The number of aromatic hydroxyl groups is 1. The van der Waals surface area contributed by atoms with Crippen LogP contribution in [0.25, 0.3) is 11.1 Å². The van der Waals surface area contributed by atoms with Gasteiger partial charge in [-0.3, -0.25) is 4.79 Å². The fraction of sp³-hybridized carbons (Fsp3) is 0.0909. The first kappa shape index (κ1) is 9.45. The van der Waals surface area contributed by atoms with Gasteiger partial charge in [-0.25, -0.2) is 4.68 Å². The number of hydrogen-bond acceptors (Lipinski definition) is 3. The van der Waals surface area contributed by atoms with E-state index in [0.29, 0.717) is 11.1 Å². The summed E-state index contributed by atoms with van der Waals surface area (Å²) in [7, 11) is 1.58. The van der Waals surface area contributed by atoms with Crippen LogP contribution in [-0.4, -0.2) is 14.9 Å². The van der Waals surface area contributed by atoms with E-state index in [-0.39, 0.29) is 11.3 Å². The normalized spacial score (nSPS) is 10.2. The number of aromatic nitrogens is 2. The Morgan fingerprint density at radius 2 is 1.93 bits per heavy atom. The predicted octanol–water partition coefficient (Wildman–Crippen LogP) is 1.15. The Labute approximate surface area is 86.4 Å². The molecule has 0 unspecified atom stereocenters. The highest BCUT2D eigenvalue weighted by molar-refractivity contribution is 5.68. The fourth-order valence-electron chi connectivity index (χ4n) is 1.41. The summed E-state index contributed by atoms with van der Waals surface area (Å²) in [5.74, 6) is 0.0980. The molecule has 1 aromatic carbocycles. The van der Waals surface area contributed by atoms with Gasteiger partial charge in [0.15, 0.2) is 0 Å². The molecule has 76 valence electrons. The maximum atomic E-state index is 11.7.